The number of aliphatic carboxylic acids is 1. The monoisotopic (exact) mass is 284 g/mol. The summed E-state index contributed by atoms with van der Waals surface area (Å²) in [6.45, 7) is 1.73. The summed E-state index contributed by atoms with van der Waals surface area (Å²) in [6.07, 6.45) is 2.69. The molecule has 2 rings (SSSR count). The van der Waals surface area contributed by atoms with Crippen molar-refractivity contribution in [3.63, 3.8) is 0 Å². The number of phenols is 1. The zero-order valence-electron chi connectivity index (χ0n) is 11.0. The molecule has 1 aromatic carbocycles. The van der Waals surface area contributed by atoms with Crippen LogP contribution >= 0.6 is 11.6 Å². The van der Waals surface area contributed by atoms with Gasteiger partial charge in [-0.25, -0.2) is 0 Å². The maximum absolute atomic E-state index is 11.7. The van der Waals surface area contributed by atoms with E-state index in [9.17, 15) is 15.0 Å². The zero-order chi connectivity index (χ0) is 14.2. The quantitative estimate of drug-likeness (QED) is 0.894. The lowest BCUT2D eigenvalue weighted by atomic mass is 9.78. The summed E-state index contributed by atoms with van der Waals surface area (Å²) in [5.41, 5.74) is -0.0665. The van der Waals surface area contributed by atoms with E-state index >= 15 is 0 Å². The molecule has 0 atom stereocenters. The summed E-state index contributed by atoms with van der Waals surface area (Å²) >= 11 is 6.13. The molecule has 1 aromatic rings. The van der Waals surface area contributed by atoms with E-state index in [4.69, 9.17) is 16.3 Å². The summed E-state index contributed by atoms with van der Waals surface area (Å²) in [6, 6.07) is 1.56. The SMILES string of the molecule is COc1c(C)c(Cl)cc(C2(C(=O)O)CCCC2)c1O. The van der Waals surface area contributed by atoms with Gasteiger partial charge in [-0.3, -0.25) is 4.79 Å². The number of carbonyl (C=O) groups is 1. The molecule has 104 valence electrons. The van der Waals surface area contributed by atoms with Gasteiger partial charge in [0.2, 0.25) is 0 Å². The number of carboxylic acid groups (broad SMARTS) is 1. The average Bonchev–Trinajstić information content (AvgIpc) is 2.85. The summed E-state index contributed by atoms with van der Waals surface area (Å²) < 4.78 is 5.15. The van der Waals surface area contributed by atoms with Crippen molar-refractivity contribution in [1.82, 2.24) is 0 Å². The Morgan fingerprint density at radius 3 is 2.47 bits per heavy atom. The number of methoxy groups -OCH3 is 1. The Hall–Kier alpha value is -1.42. The molecule has 0 amide bonds. The number of benzene rings is 1. The van der Waals surface area contributed by atoms with Crippen molar-refractivity contribution in [3.05, 3.63) is 22.2 Å². The van der Waals surface area contributed by atoms with Crippen molar-refractivity contribution in [2.24, 2.45) is 0 Å². The molecule has 4 nitrogen and oxygen atoms in total. The molecule has 1 fully saturated rings. The summed E-state index contributed by atoms with van der Waals surface area (Å²) in [5.74, 6) is -0.758. The van der Waals surface area contributed by atoms with Gasteiger partial charge in [-0.15, -0.1) is 0 Å². The second kappa shape index (κ2) is 4.93. The standard InChI is InChI=1S/C14H17ClO4/c1-8-10(15)7-9(11(16)12(8)19-2)14(13(17)18)5-3-4-6-14/h7,16H,3-6H2,1-2H3,(H,17,18). The molecule has 2 N–H and O–H groups in total. The molecular formula is C14H17ClO4. The maximum atomic E-state index is 11.7. The van der Waals surface area contributed by atoms with Gasteiger partial charge in [0.15, 0.2) is 11.5 Å². The largest absolute Gasteiger partial charge is 0.504 e. The van der Waals surface area contributed by atoms with Crippen LogP contribution in [-0.2, 0) is 10.2 Å². The second-order valence-corrected chi connectivity index (χ2v) is 5.41. The third-order valence-electron chi connectivity index (χ3n) is 4.03. The number of hydrogen-bond donors (Lipinski definition) is 2. The molecule has 0 aromatic heterocycles. The Kier molecular flexibility index (Phi) is 3.63. The van der Waals surface area contributed by atoms with Gasteiger partial charge in [0.25, 0.3) is 0 Å². The molecule has 5 heteroatoms. The average molecular weight is 285 g/mol. The Bertz CT molecular complexity index is 519. The molecule has 1 aliphatic rings. The Morgan fingerprint density at radius 1 is 1.42 bits per heavy atom. The highest BCUT2D eigenvalue weighted by molar-refractivity contribution is 6.31. The number of aromatic hydroxyl groups is 1. The molecule has 0 aliphatic heterocycles. The van der Waals surface area contributed by atoms with E-state index in [0.29, 0.717) is 29.0 Å². The van der Waals surface area contributed by atoms with Crippen molar-refractivity contribution >= 4 is 17.6 Å². The lowest BCUT2D eigenvalue weighted by Gasteiger charge is -2.27. The molecule has 0 radical (unpaired) electrons. The molecule has 1 aliphatic carbocycles. The smallest absolute Gasteiger partial charge is 0.314 e. The van der Waals surface area contributed by atoms with Crippen LogP contribution < -0.4 is 4.74 Å². The number of hydrogen-bond acceptors (Lipinski definition) is 3. The van der Waals surface area contributed by atoms with Crippen LogP contribution in [-0.4, -0.2) is 23.3 Å². The van der Waals surface area contributed by atoms with Gasteiger partial charge in [-0.1, -0.05) is 24.4 Å². The van der Waals surface area contributed by atoms with E-state index in [2.05, 4.69) is 0 Å². The molecule has 19 heavy (non-hydrogen) atoms. The van der Waals surface area contributed by atoms with Gasteiger partial charge in [0.05, 0.1) is 12.5 Å². The highest BCUT2D eigenvalue weighted by Gasteiger charge is 2.45. The third kappa shape index (κ3) is 2.04. The van der Waals surface area contributed by atoms with Crippen LogP contribution in [0.5, 0.6) is 11.5 Å². The Labute approximate surface area is 117 Å². The predicted molar refractivity (Wildman–Crippen MR) is 72.2 cm³/mol. The minimum absolute atomic E-state index is 0.103. The van der Waals surface area contributed by atoms with Crippen LogP contribution in [0, 0.1) is 6.92 Å². The number of ether oxygens (including phenoxy) is 1. The summed E-state index contributed by atoms with van der Waals surface area (Å²) in [4.78, 5) is 11.7. The first kappa shape index (κ1) is 14.0. The van der Waals surface area contributed by atoms with E-state index in [0.717, 1.165) is 12.8 Å². The molecule has 1 saturated carbocycles. The number of phenolic OH excluding ortho intramolecular Hbond substituents is 1. The minimum Gasteiger partial charge on any atom is -0.504 e. The van der Waals surface area contributed by atoms with Gasteiger partial charge in [0.1, 0.15) is 0 Å². The second-order valence-electron chi connectivity index (χ2n) is 5.01. The van der Waals surface area contributed by atoms with Crippen molar-refractivity contribution in [3.8, 4) is 11.5 Å². The van der Waals surface area contributed by atoms with Crippen LogP contribution in [0.4, 0.5) is 0 Å². The van der Waals surface area contributed by atoms with Crippen molar-refractivity contribution in [1.29, 1.82) is 0 Å². The van der Waals surface area contributed by atoms with Gasteiger partial charge < -0.3 is 14.9 Å². The number of rotatable bonds is 3. The third-order valence-corrected chi connectivity index (χ3v) is 4.42. The fourth-order valence-corrected chi connectivity index (χ4v) is 3.10. The van der Waals surface area contributed by atoms with E-state index in [1.807, 2.05) is 0 Å². The van der Waals surface area contributed by atoms with Gasteiger partial charge >= 0.3 is 5.97 Å². The topological polar surface area (TPSA) is 66.8 Å². The first-order chi connectivity index (χ1) is 8.94. The number of halogens is 1. The fraction of sp³-hybridized carbons (Fsp3) is 0.500. The normalized spacial score (nSPS) is 17.4. The molecule has 0 bridgehead atoms. The van der Waals surface area contributed by atoms with E-state index in [1.165, 1.54) is 7.11 Å². The molecular weight excluding hydrogens is 268 g/mol. The Morgan fingerprint density at radius 2 is 2.00 bits per heavy atom. The first-order valence-corrected chi connectivity index (χ1v) is 6.62. The van der Waals surface area contributed by atoms with Crippen LogP contribution in [0.15, 0.2) is 6.07 Å². The van der Waals surface area contributed by atoms with Crippen LogP contribution in [0.3, 0.4) is 0 Å². The Balaban J connectivity index is 2.68. The van der Waals surface area contributed by atoms with E-state index in [-0.39, 0.29) is 11.5 Å². The lowest BCUT2D eigenvalue weighted by Crippen LogP contribution is -2.32. The molecule has 0 spiro atoms. The lowest BCUT2D eigenvalue weighted by molar-refractivity contribution is -0.143. The van der Waals surface area contributed by atoms with E-state index in [1.54, 1.807) is 13.0 Å². The van der Waals surface area contributed by atoms with Crippen molar-refractivity contribution in [2.45, 2.75) is 38.0 Å². The van der Waals surface area contributed by atoms with Crippen molar-refractivity contribution in [2.75, 3.05) is 7.11 Å². The first-order valence-electron chi connectivity index (χ1n) is 6.24. The van der Waals surface area contributed by atoms with Gasteiger partial charge in [0, 0.05) is 16.1 Å². The number of carboxylic acids is 1. The van der Waals surface area contributed by atoms with Crippen LogP contribution in [0.25, 0.3) is 0 Å². The minimum atomic E-state index is -1.05. The predicted octanol–water partition coefficient (Wildman–Crippen LogP) is 3.26. The van der Waals surface area contributed by atoms with Crippen molar-refractivity contribution < 1.29 is 19.7 Å². The molecule has 0 heterocycles. The highest BCUT2D eigenvalue weighted by atomic mass is 35.5. The maximum Gasteiger partial charge on any atom is 0.314 e. The van der Waals surface area contributed by atoms with Gasteiger partial charge in [-0.05, 0) is 25.8 Å². The highest BCUT2D eigenvalue weighted by Crippen LogP contribution is 2.49. The van der Waals surface area contributed by atoms with Crippen LogP contribution in [0.2, 0.25) is 5.02 Å². The summed E-state index contributed by atoms with van der Waals surface area (Å²) in [5, 5.41) is 20.3. The molecule has 0 unspecified atom stereocenters. The summed E-state index contributed by atoms with van der Waals surface area (Å²) in [7, 11) is 1.43. The molecule has 0 saturated heterocycles. The fourth-order valence-electron chi connectivity index (χ4n) is 2.90. The van der Waals surface area contributed by atoms with Gasteiger partial charge in [-0.2, -0.15) is 0 Å². The zero-order valence-corrected chi connectivity index (χ0v) is 11.8. The van der Waals surface area contributed by atoms with Crippen LogP contribution in [0.1, 0.15) is 36.8 Å². The van der Waals surface area contributed by atoms with E-state index < -0.39 is 11.4 Å².